The molecule has 5 nitrogen and oxygen atoms in total. The van der Waals surface area contributed by atoms with E-state index in [1.54, 1.807) is 10.9 Å². The Kier molecular flexibility index (Phi) is 4.62. The van der Waals surface area contributed by atoms with Crippen molar-refractivity contribution in [2.24, 2.45) is 7.05 Å². The number of nitrogens with one attached hydrogen (secondary N) is 2. The lowest BCUT2D eigenvalue weighted by atomic mass is 10.1. The predicted octanol–water partition coefficient (Wildman–Crippen LogP) is 2.87. The van der Waals surface area contributed by atoms with E-state index in [9.17, 15) is 4.79 Å². The zero-order valence-electron chi connectivity index (χ0n) is 13.0. The molecule has 2 rings (SSSR count). The summed E-state index contributed by atoms with van der Waals surface area (Å²) in [6.07, 6.45) is 4.04. The van der Waals surface area contributed by atoms with Gasteiger partial charge in [0.15, 0.2) is 0 Å². The molecule has 0 fully saturated rings. The van der Waals surface area contributed by atoms with Gasteiger partial charge >= 0.3 is 0 Å². The molecular weight excluding hydrogens is 264 g/mol. The molecular formula is C16H22N4O. The molecule has 1 aromatic heterocycles. The van der Waals surface area contributed by atoms with Crippen LogP contribution in [-0.2, 0) is 11.8 Å². The molecule has 21 heavy (non-hydrogen) atoms. The maximum atomic E-state index is 12.1. The van der Waals surface area contributed by atoms with E-state index in [0.717, 1.165) is 16.9 Å². The summed E-state index contributed by atoms with van der Waals surface area (Å²) in [6.45, 7) is 6.02. The fourth-order valence-electron chi connectivity index (χ4n) is 2.26. The summed E-state index contributed by atoms with van der Waals surface area (Å²) in [5.41, 5.74) is 4.07. The Morgan fingerprint density at radius 3 is 2.76 bits per heavy atom. The van der Waals surface area contributed by atoms with Crippen molar-refractivity contribution in [3.63, 3.8) is 0 Å². The number of aromatic nitrogens is 2. The number of carbonyl (C=O) groups excluding carboxylic acids is 1. The molecule has 2 aromatic rings. The van der Waals surface area contributed by atoms with Gasteiger partial charge in [-0.3, -0.25) is 9.48 Å². The van der Waals surface area contributed by atoms with Gasteiger partial charge < -0.3 is 10.6 Å². The second-order valence-corrected chi connectivity index (χ2v) is 5.52. The van der Waals surface area contributed by atoms with E-state index in [4.69, 9.17) is 0 Å². The highest BCUT2D eigenvalue weighted by atomic mass is 16.1. The molecule has 1 atom stereocenters. The minimum Gasteiger partial charge on any atom is -0.380 e. The van der Waals surface area contributed by atoms with Crippen molar-refractivity contribution in [3.8, 4) is 0 Å². The van der Waals surface area contributed by atoms with Gasteiger partial charge in [0.2, 0.25) is 5.91 Å². The van der Waals surface area contributed by atoms with E-state index in [0.29, 0.717) is 6.42 Å². The van der Waals surface area contributed by atoms with Crippen LogP contribution in [0.25, 0.3) is 0 Å². The van der Waals surface area contributed by atoms with Gasteiger partial charge in [-0.25, -0.2) is 0 Å². The van der Waals surface area contributed by atoms with Gasteiger partial charge in [0.25, 0.3) is 0 Å². The molecule has 2 N–H and O–H groups in total. The first-order chi connectivity index (χ1) is 9.94. The third-order valence-electron chi connectivity index (χ3n) is 3.27. The number of amides is 1. The van der Waals surface area contributed by atoms with Crippen LogP contribution in [0.15, 0.2) is 30.6 Å². The topological polar surface area (TPSA) is 59.0 Å². The monoisotopic (exact) mass is 286 g/mol. The standard InChI is InChI=1S/C16H22N4O/c1-11-5-6-15(12(2)7-11)19-16(21)8-13(3)18-14-9-17-20(4)10-14/h5-7,9-10,13,18H,8H2,1-4H3,(H,19,21)/t13-/m0/s1. The van der Waals surface area contributed by atoms with Gasteiger partial charge in [-0.2, -0.15) is 5.10 Å². The Morgan fingerprint density at radius 2 is 2.14 bits per heavy atom. The minimum absolute atomic E-state index is 0.00541. The Bertz CT molecular complexity index is 633. The van der Waals surface area contributed by atoms with E-state index in [1.165, 1.54) is 5.56 Å². The maximum absolute atomic E-state index is 12.1. The molecule has 1 amide bonds. The maximum Gasteiger partial charge on any atom is 0.226 e. The number of anilines is 2. The van der Waals surface area contributed by atoms with Gasteiger partial charge in [-0.1, -0.05) is 17.7 Å². The van der Waals surface area contributed by atoms with E-state index >= 15 is 0 Å². The van der Waals surface area contributed by atoms with Crippen molar-refractivity contribution in [1.82, 2.24) is 9.78 Å². The average Bonchev–Trinajstić information content (AvgIpc) is 2.78. The first kappa shape index (κ1) is 15.1. The molecule has 1 heterocycles. The fraction of sp³-hybridized carbons (Fsp3) is 0.375. The second kappa shape index (κ2) is 6.43. The van der Waals surface area contributed by atoms with Crippen LogP contribution in [-0.4, -0.2) is 21.7 Å². The molecule has 0 radical (unpaired) electrons. The molecule has 112 valence electrons. The predicted molar refractivity (Wildman–Crippen MR) is 85.5 cm³/mol. The lowest BCUT2D eigenvalue weighted by molar-refractivity contribution is -0.116. The molecule has 5 heteroatoms. The molecule has 0 bridgehead atoms. The number of benzene rings is 1. The molecule has 0 saturated heterocycles. The van der Waals surface area contributed by atoms with E-state index in [-0.39, 0.29) is 11.9 Å². The minimum atomic E-state index is 0.00541. The highest BCUT2D eigenvalue weighted by molar-refractivity contribution is 5.92. The van der Waals surface area contributed by atoms with Crippen LogP contribution in [0, 0.1) is 13.8 Å². The van der Waals surface area contributed by atoms with Crippen LogP contribution < -0.4 is 10.6 Å². The number of hydrogen-bond donors (Lipinski definition) is 2. The van der Waals surface area contributed by atoms with Crippen molar-refractivity contribution in [2.45, 2.75) is 33.2 Å². The number of nitrogens with zero attached hydrogens (tertiary/aromatic N) is 2. The first-order valence-corrected chi connectivity index (χ1v) is 7.06. The number of hydrogen-bond acceptors (Lipinski definition) is 3. The average molecular weight is 286 g/mol. The number of aryl methyl sites for hydroxylation is 3. The molecule has 0 aliphatic rings. The summed E-state index contributed by atoms with van der Waals surface area (Å²) in [5, 5.41) is 10.3. The molecule has 0 aliphatic heterocycles. The second-order valence-electron chi connectivity index (χ2n) is 5.52. The molecule has 1 aromatic carbocycles. The van der Waals surface area contributed by atoms with Gasteiger partial charge in [-0.15, -0.1) is 0 Å². The summed E-state index contributed by atoms with van der Waals surface area (Å²) in [5.74, 6) is 0.00541. The Morgan fingerprint density at radius 1 is 1.38 bits per heavy atom. The molecule has 0 aliphatic carbocycles. The van der Waals surface area contributed by atoms with Crippen molar-refractivity contribution < 1.29 is 4.79 Å². The van der Waals surface area contributed by atoms with Crippen LogP contribution >= 0.6 is 0 Å². The summed E-state index contributed by atoms with van der Waals surface area (Å²) >= 11 is 0. The highest BCUT2D eigenvalue weighted by Crippen LogP contribution is 2.16. The molecule has 0 spiro atoms. The number of carbonyl (C=O) groups is 1. The first-order valence-electron chi connectivity index (χ1n) is 7.06. The van der Waals surface area contributed by atoms with Crippen molar-refractivity contribution >= 4 is 17.3 Å². The van der Waals surface area contributed by atoms with Crippen LogP contribution in [0.4, 0.5) is 11.4 Å². The zero-order valence-corrected chi connectivity index (χ0v) is 13.0. The summed E-state index contributed by atoms with van der Waals surface area (Å²) in [7, 11) is 1.86. The number of rotatable bonds is 5. The van der Waals surface area contributed by atoms with Gasteiger partial charge in [0, 0.05) is 31.4 Å². The third kappa shape index (κ3) is 4.34. The Balaban J connectivity index is 1.89. The zero-order chi connectivity index (χ0) is 15.4. The van der Waals surface area contributed by atoms with Crippen molar-refractivity contribution in [3.05, 3.63) is 41.7 Å². The van der Waals surface area contributed by atoms with E-state index < -0.39 is 0 Å². The van der Waals surface area contributed by atoms with Crippen LogP contribution in [0.5, 0.6) is 0 Å². The summed E-state index contributed by atoms with van der Waals surface area (Å²) in [6, 6.07) is 6.05. The fourth-order valence-corrected chi connectivity index (χ4v) is 2.26. The lowest BCUT2D eigenvalue weighted by Crippen LogP contribution is -2.23. The van der Waals surface area contributed by atoms with Crippen molar-refractivity contribution in [2.75, 3.05) is 10.6 Å². The van der Waals surface area contributed by atoms with Crippen LogP contribution in [0.2, 0.25) is 0 Å². The van der Waals surface area contributed by atoms with Crippen LogP contribution in [0.3, 0.4) is 0 Å². The largest absolute Gasteiger partial charge is 0.380 e. The van der Waals surface area contributed by atoms with Gasteiger partial charge in [0.1, 0.15) is 0 Å². The smallest absolute Gasteiger partial charge is 0.226 e. The van der Waals surface area contributed by atoms with E-state index in [2.05, 4.69) is 21.8 Å². The third-order valence-corrected chi connectivity index (χ3v) is 3.27. The summed E-state index contributed by atoms with van der Waals surface area (Å²) in [4.78, 5) is 12.1. The summed E-state index contributed by atoms with van der Waals surface area (Å²) < 4.78 is 1.73. The van der Waals surface area contributed by atoms with Gasteiger partial charge in [-0.05, 0) is 32.4 Å². The highest BCUT2D eigenvalue weighted by Gasteiger charge is 2.11. The SMILES string of the molecule is Cc1ccc(NC(=O)C[C@H](C)Nc2cnn(C)c2)c(C)c1. The van der Waals surface area contributed by atoms with Crippen molar-refractivity contribution in [1.29, 1.82) is 0 Å². The Labute approximate surface area is 125 Å². The molecule has 0 saturated carbocycles. The normalized spacial score (nSPS) is 12.0. The molecule has 0 unspecified atom stereocenters. The quantitative estimate of drug-likeness (QED) is 0.888. The van der Waals surface area contributed by atoms with E-state index in [1.807, 2.05) is 46.1 Å². The lowest BCUT2D eigenvalue weighted by Gasteiger charge is -2.14. The Hall–Kier alpha value is -2.30. The van der Waals surface area contributed by atoms with Crippen LogP contribution in [0.1, 0.15) is 24.5 Å². The van der Waals surface area contributed by atoms with Gasteiger partial charge in [0.05, 0.1) is 11.9 Å².